The number of anilines is 4. The molecule has 16 nitrogen and oxygen atoms in total. The van der Waals surface area contributed by atoms with Crippen molar-refractivity contribution in [3.63, 3.8) is 0 Å². The average Bonchev–Trinajstić information content (AvgIpc) is 4.14. The number of hydrogen-bond acceptors (Lipinski definition) is 11. The number of pyridine rings is 2. The Kier molecular flexibility index (Phi) is 13.2. The Hall–Kier alpha value is -6.75. The number of imide groups is 1. The number of amides is 5. The predicted molar refractivity (Wildman–Crippen MR) is 284 cm³/mol. The van der Waals surface area contributed by atoms with E-state index in [4.69, 9.17) is 9.97 Å². The van der Waals surface area contributed by atoms with Gasteiger partial charge in [-0.3, -0.25) is 29.3 Å². The molecule has 2 atom stereocenters. The highest BCUT2D eigenvalue weighted by Crippen LogP contribution is 2.52. The number of hydrogen-bond donors (Lipinski definition) is 3. The number of nitrogens with zero attached hydrogens (tertiary/aromatic N) is 8. The molecule has 75 heavy (non-hydrogen) atoms. The molecule has 5 amide bonds. The monoisotopic (exact) mass is 1020 g/mol. The number of likely N-dealkylation sites (tertiary alicyclic amines) is 3. The number of benzene rings is 2. The Morgan fingerprint density at radius 2 is 1.57 bits per heavy atom. The summed E-state index contributed by atoms with van der Waals surface area (Å²) < 4.78 is 17.2. The first-order chi connectivity index (χ1) is 36.4. The van der Waals surface area contributed by atoms with Crippen LogP contribution in [-0.2, 0) is 29.4 Å². The number of aromatic nitrogens is 4. The average molecular weight is 1020 g/mol. The van der Waals surface area contributed by atoms with Gasteiger partial charge in [-0.25, -0.2) is 19.3 Å². The molecule has 2 aliphatic carbocycles. The molecule has 17 heteroatoms. The number of carbonyl (C=O) groups is 5. The number of halogens is 1. The van der Waals surface area contributed by atoms with Crippen molar-refractivity contribution in [2.24, 2.45) is 11.8 Å². The van der Waals surface area contributed by atoms with Crippen molar-refractivity contribution in [3.8, 4) is 11.3 Å². The number of imidazole rings is 1. The molecule has 2 aromatic carbocycles. The maximum absolute atomic E-state index is 15.3. The van der Waals surface area contributed by atoms with Crippen LogP contribution < -0.4 is 20.9 Å². The van der Waals surface area contributed by atoms with Crippen molar-refractivity contribution < 1.29 is 28.4 Å². The SMILES string of the molecule is CC(C)n1cnc2cc(-c3ccc4c(c3)N(C3CC(N5CCCCC5)C3)C(=O)C43CCN(C(=O)[C@@H]4CCN(C(=O)C5CCC(Nc6cc([C@H]7CCC(=O)NC7=O)ccn6)CC5)C4)CC3)nc(Nc3ccccc3F)c21. The fourth-order valence-electron chi connectivity index (χ4n) is 13.6. The van der Waals surface area contributed by atoms with E-state index < -0.39 is 5.41 Å². The Morgan fingerprint density at radius 3 is 2.33 bits per heavy atom. The summed E-state index contributed by atoms with van der Waals surface area (Å²) in [5, 5.41) is 9.25. The molecule has 5 aliphatic heterocycles. The lowest BCUT2D eigenvalue weighted by Crippen LogP contribution is -2.58. The molecule has 5 aromatic rings. The minimum Gasteiger partial charge on any atom is -0.367 e. The van der Waals surface area contributed by atoms with Gasteiger partial charge in [0, 0.05) is 80.1 Å². The van der Waals surface area contributed by atoms with Crippen LogP contribution >= 0.6 is 0 Å². The fourth-order valence-corrected chi connectivity index (χ4v) is 13.6. The van der Waals surface area contributed by atoms with E-state index >= 15 is 9.18 Å². The van der Waals surface area contributed by atoms with Gasteiger partial charge in [0.25, 0.3) is 0 Å². The van der Waals surface area contributed by atoms with Gasteiger partial charge >= 0.3 is 0 Å². The van der Waals surface area contributed by atoms with Crippen molar-refractivity contribution >= 4 is 63.6 Å². The fraction of sp³-hybridized carbons (Fsp3) is 0.517. The summed E-state index contributed by atoms with van der Waals surface area (Å²) in [4.78, 5) is 90.8. The summed E-state index contributed by atoms with van der Waals surface area (Å²) in [6.07, 6.45) is 14.6. The maximum atomic E-state index is 15.3. The molecule has 0 unspecified atom stereocenters. The number of carbonyl (C=O) groups excluding carboxylic acids is 5. The summed E-state index contributed by atoms with van der Waals surface area (Å²) in [6, 6.07) is 19.4. The van der Waals surface area contributed by atoms with Gasteiger partial charge in [-0.2, -0.15) is 0 Å². The second-order valence-corrected chi connectivity index (χ2v) is 22.7. The van der Waals surface area contributed by atoms with Gasteiger partial charge in [-0.1, -0.05) is 30.7 Å². The molecular weight excluding hydrogens is 950 g/mol. The smallest absolute Gasteiger partial charge is 0.238 e. The number of fused-ring (bicyclic) bond motifs is 3. The van der Waals surface area contributed by atoms with Crippen LogP contribution in [0, 0.1) is 17.7 Å². The zero-order valence-electron chi connectivity index (χ0n) is 43.1. The Labute approximate surface area is 437 Å². The first-order valence-corrected chi connectivity index (χ1v) is 27.7. The molecule has 392 valence electrons. The van der Waals surface area contributed by atoms with Crippen molar-refractivity contribution in [1.29, 1.82) is 0 Å². The third kappa shape index (κ3) is 9.22. The molecule has 3 aromatic heterocycles. The van der Waals surface area contributed by atoms with E-state index in [0.717, 1.165) is 85.0 Å². The molecule has 0 radical (unpaired) electrons. The maximum Gasteiger partial charge on any atom is 0.238 e. The highest BCUT2D eigenvalue weighted by molar-refractivity contribution is 6.09. The molecule has 12 rings (SSSR count). The first kappa shape index (κ1) is 49.1. The topological polar surface area (TPSA) is 178 Å². The van der Waals surface area contributed by atoms with Gasteiger partial charge in [0.1, 0.15) is 17.2 Å². The van der Waals surface area contributed by atoms with Gasteiger partial charge in [-0.05, 0) is 152 Å². The van der Waals surface area contributed by atoms with E-state index in [1.165, 1.54) is 25.3 Å². The van der Waals surface area contributed by atoms with Crippen LogP contribution in [0.1, 0.15) is 127 Å². The second-order valence-electron chi connectivity index (χ2n) is 22.7. The standard InChI is InChI=1S/C58H68FN11O5/c1-35(2)69-34-61-48-32-47(64-53(52(48)69)63-46-9-5-4-8-45(46)59)38-12-16-44-49(28-38)70(42-30-41(31-42)66-23-6-3-7-24-66)57(75)58(44)20-26-67(27-21-58)56(74)39-19-25-68(33-39)55(73)36-10-13-40(14-11-36)62-50-29-37(18-22-60-50)43-15-17-51(71)65-54(43)72/h4-5,8-9,12,16,18,22,28-29,32,34-36,39-43H,3,6-7,10-11,13-15,17,19-21,23-27,30-31,33H2,1-2H3,(H,60,62)(H,63,64)(H,65,71,72)/t36?,39-,40?,41?,42?,43-/m1/s1. The van der Waals surface area contributed by atoms with Crippen LogP contribution in [0.2, 0.25) is 0 Å². The first-order valence-electron chi connectivity index (χ1n) is 27.7. The number of para-hydroxylation sites is 1. The molecule has 0 bridgehead atoms. The zero-order valence-corrected chi connectivity index (χ0v) is 43.1. The molecular formula is C58H68FN11O5. The zero-order chi connectivity index (χ0) is 51.5. The van der Waals surface area contributed by atoms with E-state index in [2.05, 4.69) is 62.8 Å². The third-order valence-electron chi connectivity index (χ3n) is 17.9. The number of nitrogens with one attached hydrogen (secondary N) is 3. The van der Waals surface area contributed by atoms with Crippen LogP contribution in [0.3, 0.4) is 0 Å². The van der Waals surface area contributed by atoms with Crippen LogP contribution in [0.15, 0.2) is 73.2 Å². The lowest BCUT2D eigenvalue weighted by molar-refractivity contribution is -0.140. The second kappa shape index (κ2) is 20.1. The van der Waals surface area contributed by atoms with Gasteiger partial charge in [0.15, 0.2) is 5.82 Å². The van der Waals surface area contributed by atoms with Crippen LogP contribution in [-0.4, -0.2) is 121 Å². The van der Waals surface area contributed by atoms with Crippen molar-refractivity contribution in [2.75, 3.05) is 54.8 Å². The van der Waals surface area contributed by atoms with Gasteiger partial charge in [-0.15, -0.1) is 0 Å². The summed E-state index contributed by atoms with van der Waals surface area (Å²) in [6.45, 7) is 8.30. The van der Waals surface area contributed by atoms with Gasteiger partial charge in [0.05, 0.1) is 40.5 Å². The molecule has 6 fully saturated rings. The molecule has 7 aliphatic rings. The van der Waals surface area contributed by atoms with Gasteiger partial charge in [0.2, 0.25) is 29.5 Å². The van der Waals surface area contributed by atoms with Crippen LogP contribution in [0.4, 0.5) is 27.4 Å². The molecule has 2 saturated carbocycles. The highest BCUT2D eigenvalue weighted by Gasteiger charge is 2.56. The summed E-state index contributed by atoms with van der Waals surface area (Å²) >= 11 is 0. The quantitative estimate of drug-likeness (QED) is 0.109. The highest BCUT2D eigenvalue weighted by atomic mass is 19.1. The van der Waals surface area contributed by atoms with E-state index in [1.54, 1.807) is 30.7 Å². The van der Waals surface area contributed by atoms with E-state index in [9.17, 15) is 19.2 Å². The largest absolute Gasteiger partial charge is 0.367 e. The van der Waals surface area contributed by atoms with Crippen molar-refractivity contribution in [2.45, 2.75) is 139 Å². The molecule has 3 N–H and O–H groups in total. The minimum absolute atomic E-state index is 0.0715. The molecule has 1 spiro atoms. The third-order valence-corrected chi connectivity index (χ3v) is 17.9. The summed E-state index contributed by atoms with van der Waals surface area (Å²) in [7, 11) is 0. The number of rotatable bonds is 11. The molecule has 4 saturated heterocycles. The Bertz CT molecular complexity index is 3040. The van der Waals surface area contributed by atoms with E-state index in [0.29, 0.717) is 87.3 Å². The predicted octanol–water partition coefficient (Wildman–Crippen LogP) is 8.22. The van der Waals surface area contributed by atoms with Crippen LogP contribution in [0.25, 0.3) is 22.3 Å². The van der Waals surface area contributed by atoms with Crippen LogP contribution in [0.5, 0.6) is 0 Å². The van der Waals surface area contributed by atoms with Gasteiger partial charge < -0.3 is 34.8 Å². The molecule has 8 heterocycles. The number of piperidine rings is 3. The van der Waals surface area contributed by atoms with Crippen molar-refractivity contribution in [3.05, 3.63) is 90.1 Å². The lowest BCUT2D eigenvalue weighted by atomic mass is 9.73. The minimum atomic E-state index is -0.760. The normalized spacial score (nSPS) is 25.9. The Morgan fingerprint density at radius 1 is 0.800 bits per heavy atom. The summed E-state index contributed by atoms with van der Waals surface area (Å²) in [5.74, 6) is -0.125. The van der Waals surface area contributed by atoms with E-state index in [1.807, 2.05) is 32.6 Å². The van der Waals surface area contributed by atoms with E-state index in [-0.39, 0.29) is 71.2 Å². The Balaban J connectivity index is 0.721. The lowest BCUT2D eigenvalue weighted by Gasteiger charge is -2.48. The van der Waals surface area contributed by atoms with Crippen molar-refractivity contribution in [1.82, 2.24) is 39.5 Å². The summed E-state index contributed by atoms with van der Waals surface area (Å²) in [5.41, 5.74) is 5.36.